The first-order valence-corrected chi connectivity index (χ1v) is 7.18. The van der Waals surface area contributed by atoms with E-state index in [0.717, 1.165) is 11.3 Å². The van der Waals surface area contributed by atoms with Gasteiger partial charge in [0.15, 0.2) is 0 Å². The van der Waals surface area contributed by atoms with E-state index in [0.29, 0.717) is 6.54 Å². The van der Waals surface area contributed by atoms with Gasteiger partial charge in [-0.25, -0.2) is 0 Å². The van der Waals surface area contributed by atoms with Crippen LogP contribution < -0.4 is 15.8 Å². The number of carbonyl (C=O) groups is 1. The highest BCUT2D eigenvalue weighted by Gasteiger charge is 2.20. The molecule has 0 aliphatic carbocycles. The Balaban J connectivity index is 2.75. The number of methoxy groups -OCH3 is 2. The Labute approximate surface area is 126 Å². The van der Waals surface area contributed by atoms with E-state index in [2.05, 4.69) is 19.2 Å². The van der Waals surface area contributed by atoms with Crippen LogP contribution in [0.2, 0.25) is 0 Å². The molecule has 0 saturated carbocycles. The predicted octanol–water partition coefficient (Wildman–Crippen LogP) is 1.87. The highest BCUT2D eigenvalue weighted by molar-refractivity contribution is 5.77. The molecular formula is C16H26N2O3. The summed E-state index contributed by atoms with van der Waals surface area (Å²) in [5, 5.41) is 3.05. The van der Waals surface area contributed by atoms with Crippen molar-refractivity contribution in [2.24, 2.45) is 11.7 Å². The van der Waals surface area contributed by atoms with Crippen molar-refractivity contribution >= 4 is 5.91 Å². The average molecular weight is 294 g/mol. The third-order valence-electron chi connectivity index (χ3n) is 3.47. The van der Waals surface area contributed by atoms with E-state index in [1.54, 1.807) is 14.2 Å². The lowest BCUT2D eigenvalue weighted by Crippen LogP contribution is -2.36. The summed E-state index contributed by atoms with van der Waals surface area (Å²) in [6.45, 7) is 4.48. The van der Waals surface area contributed by atoms with Gasteiger partial charge in [-0.05, 0) is 23.6 Å². The molecule has 1 aromatic carbocycles. The van der Waals surface area contributed by atoms with E-state index in [9.17, 15) is 4.79 Å². The maximum Gasteiger partial charge on any atom is 0.223 e. The second-order valence-electron chi connectivity index (χ2n) is 5.36. The molecule has 1 rings (SSSR count). The molecule has 0 spiro atoms. The molecule has 5 heteroatoms. The van der Waals surface area contributed by atoms with Gasteiger partial charge < -0.3 is 20.5 Å². The van der Waals surface area contributed by atoms with Gasteiger partial charge >= 0.3 is 0 Å². The zero-order chi connectivity index (χ0) is 15.8. The van der Waals surface area contributed by atoms with Crippen LogP contribution in [0.15, 0.2) is 24.3 Å². The van der Waals surface area contributed by atoms with Crippen LogP contribution in [0.1, 0.15) is 31.9 Å². The van der Waals surface area contributed by atoms with Crippen molar-refractivity contribution in [3.8, 4) is 5.75 Å². The predicted molar refractivity (Wildman–Crippen MR) is 83.2 cm³/mol. The Kier molecular flexibility index (Phi) is 7.19. The van der Waals surface area contributed by atoms with Gasteiger partial charge in [0.05, 0.1) is 25.7 Å². The molecule has 118 valence electrons. The second-order valence-corrected chi connectivity index (χ2v) is 5.36. The summed E-state index contributed by atoms with van der Waals surface area (Å²) in [7, 11) is 3.20. The lowest BCUT2D eigenvalue weighted by Gasteiger charge is -2.24. The normalized spacial score (nSPS) is 13.8. The minimum atomic E-state index is -0.242. The molecule has 1 aromatic rings. The van der Waals surface area contributed by atoms with Gasteiger partial charge in [0.1, 0.15) is 5.75 Å². The Hall–Kier alpha value is -1.59. The standard InChI is InChI=1S/C16H26N2O3/c1-11(2)16(12-5-7-13(20-3)8-6-12)18-15(19)9-14(10-17)21-4/h5-8,11,14,16H,9-10,17H2,1-4H3,(H,18,19). The minimum Gasteiger partial charge on any atom is -0.497 e. The Morgan fingerprint density at radius 1 is 1.24 bits per heavy atom. The maximum absolute atomic E-state index is 12.1. The number of benzene rings is 1. The first-order valence-electron chi connectivity index (χ1n) is 7.18. The van der Waals surface area contributed by atoms with Crippen LogP contribution in [-0.2, 0) is 9.53 Å². The zero-order valence-electron chi connectivity index (χ0n) is 13.3. The first-order chi connectivity index (χ1) is 10.0. The number of rotatable bonds is 8. The monoisotopic (exact) mass is 294 g/mol. The lowest BCUT2D eigenvalue weighted by atomic mass is 9.95. The van der Waals surface area contributed by atoms with Crippen molar-refractivity contribution in [1.29, 1.82) is 0 Å². The van der Waals surface area contributed by atoms with E-state index in [4.69, 9.17) is 15.2 Å². The van der Waals surface area contributed by atoms with Crippen molar-refractivity contribution in [2.45, 2.75) is 32.4 Å². The molecule has 0 aliphatic rings. The van der Waals surface area contributed by atoms with Crippen LogP contribution in [0, 0.1) is 5.92 Å². The fourth-order valence-electron chi connectivity index (χ4n) is 2.15. The fraction of sp³-hybridized carbons (Fsp3) is 0.562. The SMILES string of the molecule is COc1ccc(C(NC(=O)CC(CN)OC)C(C)C)cc1. The van der Waals surface area contributed by atoms with Gasteiger partial charge in [-0.1, -0.05) is 26.0 Å². The number of nitrogens with one attached hydrogen (secondary N) is 1. The molecule has 0 bridgehead atoms. The molecule has 0 fully saturated rings. The van der Waals surface area contributed by atoms with Gasteiger partial charge in [-0.2, -0.15) is 0 Å². The number of nitrogens with two attached hydrogens (primary N) is 1. The molecule has 2 unspecified atom stereocenters. The summed E-state index contributed by atoms with van der Waals surface area (Å²) in [6, 6.07) is 7.70. The van der Waals surface area contributed by atoms with Crippen molar-refractivity contribution in [2.75, 3.05) is 20.8 Å². The number of ether oxygens (including phenoxy) is 2. The Morgan fingerprint density at radius 3 is 2.29 bits per heavy atom. The molecule has 3 N–H and O–H groups in total. The van der Waals surface area contributed by atoms with Crippen LogP contribution in [0.4, 0.5) is 0 Å². The van der Waals surface area contributed by atoms with E-state index >= 15 is 0 Å². The Bertz CT molecular complexity index is 428. The largest absolute Gasteiger partial charge is 0.497 e. The Morgan fingerprint density at radius 2 is 1.86 bits per heavy atom. The van der Waals surface area contributed by atoms with Gasteiger partial charge in [0.25, 0.3) is 0 Å². The number of hydrogen-bond acceptors (Lipinski definition) is 4. The summed E-state index contributed by atoms with van der Waals surface area (Å²) < 4.78 is 10.3. The van der Waals surface area contributed by atoms with Gasteiger partial charge in [0.2, 0.25) is 5.91 Å². The molecule has 2 atom stereocenters. The van der Waals surface area contributed by atoms with Gasteiger partial charge in [0, 0.05) is 13.7 Å². The summed E-state index contributed by atoms with van der Waals surface area (Å²) in [6.07, 6.45) is 0.0282. The molecule has 21 heavy (non-hydrogen) atoms. The van der Waals surface area contributed by atoms with Crippen LogP contribution in [-0.4, -0.2) is 32.8 Å². The summed E-state index contributed by atoms with van der Waals surface area (Å²) in [5.74, 6) is 1.03. The molecule has 0 aromatic heterocycles. The summed E-state index contributed by atoms with van der Waals surface area (Å²) >= 11 is 0. The molecule has 0 saturated heterocycles. The van der Waals surface area contributed by atoms with Crippen LogP contribution in [0.25, 0.3) is 0 Å². The average Bonchev–Trinajstić information content (AvgIpc) is 2.50. The van der Waals surface area contributed by atoms with Crippen molar-refractivity contribution < 1.29 is 14.3 Å². The van der Waals surface area contributed by atoms with E-state index < -0.39 is 0 Å². The second kappa shape index (κ2) is 8.64. The molecule has 5 nitrogen and oxygen atoms in total. The van der Waals surface area contributed by atoms with E-state index in [1.165, 1.54) is 0 Å². The molecular weight excluding hydrogens is 268 g/mol. The van der Waals surface area contributed by atoms with Gasteiger partial charge in [-0.15, -0.1) is 0 Å². The van der Waals surface area contributed by atoms with Crippen molar-refractivity contribution in [3.05, 3.63) is 29.8 Å². The van der Waals surface area contributed by atoms with E-state index in [1.807, 2.05) is 24.3 Å². The number of hydrogen-bond donors (Lipinski definition) is 2. The summed E-state index contributed by atoms with van der Waals surface area (Å²) in [5.41, 5.74) is 6.60. The minimum absolute atomic E-state index is 0.0429. The number of amides is 1. The topological polar surface area (TPSA) is 73.6 Å². The third-order valence-corrected chi connectivity index (χ3v) is 3.47. The smallest absolute Gasteiger partial charge is 0.223 e. The van der Waals surface area contributed by atoms with Crippen LogP contribution in [0.3, 0.4) is 0 Å². The molecule has 0 heterocycles. The number of carbonyl (C=O) groups excluding carboxylic acids is 1. The molecule has 1 amide bonds. The fourth-order valence-corrected chi connectivity index (χ4v) is 2.15. The highest BCUT2D eigenvalue weighted by Crippen LogP contribution is 2.24. The molecule has 0 aliphatic heterocycles. The third kappa shape index (κ3) is 5.36. The van der Waals surface area contributed by atoms with E-state index in [-0.39, 0.29) is 30.4 Å². The summed E-state index contributed by atoms with van der Waals surface area (Å²) in [4.78, 5) is 12.1. The van der Waals surface area contributed by atoms with Crippen LogP contribution >= 0.6 is 0 Å². The molecule has 0 radical (unpaired) electrons. The zero-order valence-corrected chi connectivity index (χ0v) is 13.3. The van der Waals surface area contributed by atoms with Crippen molar-refractivity contribution in [3.63, 3.8) is 0 Å². The van der Waals surface area contributed by atoms with Crippen molar-refractivity contribution in [1.82, 2.24) is 5.32 Å². The van der Waals surface area contributed by atoms with Crippen LogP contribution in [0.5, 0.6) is 5.75 Å². The quantitative estimate of drug-likeness (QED) is 0.767. The first kappa shape index (κ1) is 17.5. The highest BCUT2D eigenvalue weighted by atomic mass is 16.5. The lowest BCUT2D eigenvalue weighted by molar-refractivity contribution is -0.124. The maximum atomic E-state index is 12.1. The van der Waals surface area contributed by atoms with Gasteiger partial charge in [-0.3, -0.25) is 4.79 Å².